The quantitative estimate of drug-likeness (QED) is 0.805. The van der Waals surface area contributed by atoms with Gasteiger partial charge in [0, 0.05) is 6.20 Å². The smallest absolute Gasteiger partial charge is 0.358 e. The summed E-state index contributed by atoms with van der Waals surface area (Å²) in [5.41, 5.74) is -0.0199. The normalized spacial score (nSPS) is 10.4. The Labute approximate surface area is 95.3 Å². The summed E-state index contributed by atoms with van der Waals surface area (Å²) >= 11 is 0. The first-order valence-electron chi connectivity index (χ1n) is 5.50. The van der Waals surface area contributed by atoms with Gasteiger partial charge in [0.05, 0.1) is 6.61 Å². The van der Waals surface area contributed by atoms with Gasteiger partial charge in [-0.1, -0.05) is 26.7 Å². The molecule has 0 radical (unpaired) electrons. The molecule has 88 valence electrons. The molecular formula is C12H17NO3. The highest BCUT2D eigenvalue weighted by molar-refractivity contribution is 5.88. The highest BCUT2D eigenvalue weighted by Crippen LogP contribution is 2.17. The summed E-state index contributed by atoms with van der Waals surface area (Å²) in [6.45, 7) is 4.73. The van der Waals surface area contributed by atoms with E-state index in [0.29, 0.717) is 18.3 Å². The number of rotatable bonds is 6. The van der Waals surface area contributed by atoms with Crippen LogP contribution in [0.5, 0.6) is 5.75 Å². The lowest BCUT2D eigenvalue weighted by atomic mass is 10.1. The molecule has 0 aliphatic carbocycles. The summed E-state index contributed by atoms with van der Waals surface area (Å²) in [6, 6.07) is 3.31. The van der Waals surface area contributed by atoms with Crippen molar-refractivity contribution in [3.05, 3.63) is 24.0 Å². The van der Waals surface area contributed by atoms with Gasteiger partial charge in [0.2, 0.25) is 0 Å². The van der Waals surface area contributed by atoms with E-state index in [2.05, 4.69) is 18.8 Å². The van der Waals surface area contributed by atoms with Crippen LogP contribution < -0.4 is 4.74 Å². The van der Waals surface area contributed by atoms with Crippen molar-refractivity contribution in [3.63, 3.8) is 0 Å². The summed E-state index contributed by atoms with van der Waals surface area (Å²) in [6.07, 6.45) is 3.51. The van der Waals surface area contributed by atoms with Gasteiger partial charge in [0.25, 0.3) is 0 Å². The zero-order valence-electron chi connectivity index (χ0n) is 9.64. The molecule has 0 saturated heterocycles. The number of aromatic carboxylic acids is 1. The summed E-state index contributed by atoms with van der Waals surface area (Å²) in [5.74, 6) is -0.246. The minimum absolute atomic E-state index is 0.0199. The fraction of sp³-hybridized carbons (Fsp3) is 0.500. The molecule has 0 spiro atoms. The summed E-state index contributed by atoms with van der Waals surface area (Å²) < 4.78 is 5.50. The van der Waals surface area contributed by atoms with Crippen molar-refractivity contribution in [1.29, 1.82) is 0 Å². The standard InChI is InChI=1S/C12H17NO3/c1-3-9(4-2)8-16-10-6-5-7-13-11(10)12(14)15/h5-7,9H,3-4,8H2,1-2H3,(H,14,15). The average molecular weight is 223 g/mol. The number of carboxylic acids is 1. The topological polar surface area (TPSA) is 59.4 Å². The Morgan fingerprint density at radius 2 is 2.19 bits per heavy atom. The number of hydrogen-bond acceptors (Lipinski definition) is 3. The number of carboxylic acid groups (broad SMARTS) is 1. The van der Waals surface area contributed by atoms with Gasteiger partial charge in [0.15, 0.2) is 11.4 Å². The molecule has 1 rings (SSSR count). The third-order valence-electron chi connectivity index (χ3n) is 2.60. The Bertz CT molecular complexity index is 348. The predicted octanol–water partition coefficient (Wildman–Crippen LogP) is 2.59. The lowest BCUT2D eigenvalue weighted by molar-refractivity contribution is 0.0684. The van der Waals surface area contributed by atoms with Crippen LogP contribution in [-0.4, -0.2) is 22.7 Å². The molecule has 1 aromatic heterocycles. The van der Waals surface area contributed by atoms with E-state index in [1.54, 1.807) is 12.1 Å². The molecule has 0 amide bonds. The molecule has 1 aromatic rings. The fourth-order valence-corrected chi connectivity index (χ4v) is 1.40. The van der Waals surface area contributed by atoms with E-state index >= 15 is 0 Å². The molecule has 1 heterocycles. The molecular weight excluding hydrogens is 206 g/mol. The van der Waals surface area contributed by atoms with Crippen LogP contribution in [0.4, 0.5) is 0 Å². The monoisotopic (exact) mass is 223 g/mol. The van der Waals surface area contributed by atoms with E-state index in [0.717, 1.165) is 12.8 Å². The van der Waals surface area contributed by atoms with Gasteiger partial charge in [-0.2, -0.15) is 0 Å². The second-order valence-corrected chi connectivity index (χ2v) is 3.65. The van der Waals surface area contributed by atoms with E-state index in [-0.39, 0.29) is 5.69 Å². The van der Waals surface area contributed by atoms with Crippen molar-refractivity contribution < 1.29 is 14.6 Å². The molecule has 0 aliphatic heterocycles. The Morgan fingerprint density at radius 3 is 2.75 bits per heavy atom. The van der Waals surface area contributed by atoms with Gasteiger partial charge in [-0.25, -0.2) is 9.78 Å². The van der Waals surface area contributed by atoms with Crippen molar-refractivity contribution in [2.75, 3.05) is 6.61 Å². The van der Waals surface area contributed by atoms with Crippen molar-refractivity contribution >= 4 is 5.97 Å². The summed E-state index contributed by atoms with van der Waals surface area (Å²) in [5, 5.41) is 8.90. The van der Waals surface area contributed by atoms with Gasteiger partial charge in [-0.05, 0) is 18.1 Å². The number of aromatic nitrogens is 1. The fourth-order valence-electron chi connectivity index (χ4n) is 1.40. The number of carbonyl (C=O) groups is 1. The predicted molar refractivity (Wildman–Crippen MR) is 60.8 cm³/mol. The zero-order chi connectivity index (χ0) is 12.0. The van der Waals surface area contributed by atoms with Crippen LogP contribution in [0, 0.1) is 5.92 Å². The number of ether oxygens (including phenoxy) is 1. The van der Waals surface area contributed by atoms with Gasteiger partial charge < -0.3 is 9.84 Å². The molecule has 4 heteroatoms. The van der Waals surface area contributed by atoms with Crippen LogP contribution in [0.3, 0.4) is 0 Å². The minimum atomic E-state index is -1.06. The van der Waals surface area contributed by atoms with E-state index in [1.165, 1.54) is 6.20 Å². The van der Waals surface area contributed by atoms with E-state index in [9.17, 15) is 4.79 Å². The van der Waals surface area contributed by atoms with Crippen LogP contribution in [0.1, 0.15) is 37.2 Å². The second-order valence-electron chi connectivity index (χ2n) is 3.65. The molecule has 0 unspecified atom stereocenters. The van der Waals surface area contributed by atoms with Crippen LogP contribution in [0.15, 0.2) is 18.3 Å². The SMILES string of the molecule is CCC(CC)COc1cccnc1C(=O)O. The van der Waals surface area contributed by atoms with Crippen LogP contribution in [-0.2, 0) is 0 Å². The summed E-state index contributed by atoms with van der Waals surface area (Å²) in [7, 11) is 0. The Hall–Kier alpha value is -1.58. The Morgan fingerprint density at radius 1 is 1.50 bits per heavy atom. The largest absolute Gasteiger partial charge is 0.491 e. The highest BCUT2D eigenvalue weighted by Gasteiger charge is 2.13. The first kappa shape index (κ1) is 12.5. The molecule has 16 heavy (non-hydrogen) atoms. The average Bonchev–Trinajstić information content (AvgIpc) is 2.30. The van der Waals surface area contributed by atoms with Crippen molar-refractivity contribution in [3.8, 4) is 5.75 Å². The van der Waals surface area contributed by atoms with Crippen LogP contribution in [0.2, 0.25) is 0 Å². The number of hydrogen-bond donors (Lipinski definition) is 1. The first-order chi connectivity index (χ1) is 7.69. The zero-order valence-corrected chi connectivity index (χ0v) is 9.64. The first-order valence-corrected chi connectivity index (χ1v) is 5.50. The van der Waals surface area contributed by atoms with Crippen molar-refractivity contribution in [1.82, 2.24) is 4.98 Å². The molecule has 0 aliphatic rings. The van der Waals surface area contributed by atoms with E-state index < -0.39 is 5.97 Å². The van der Waals surface area contributed by atoms with Crippen molar-refractivity contribution in [2.45, 2.75) is 26.7 Å². The molecule has 0 bridgehead atoms. The highest BCUT2D eigenvalue weighted by atomic mass is 16.5. The van der Waals surface area contributed by atoms with Gasteiger partial charge >= 0.3 is 5.97 Å². The second kappa shape index (κ2) is 6.10. The van der Waals surface area contributed by atoms with E-state index in [1.807, 2.05) is 0 Å². The van der Waals surface area contributed by atoms with Crippen LogP contribution >= 0.6 is 0 Å². The molecule has 1 N–H and O–H groups in total. The maximum absolute atomic E-state index is 10.9. The third kappa shape index (κ3) is 3.22. The minimum Gasteiger partial charge on any atom is -0.491 e. The molecule has 0 fully saturated rings. The van der Waals surface area contributed by atoms with Crippen LogP contribution in [0.25, 0.3) is 0 Å². The lowest BCUT2D eigenvalue weighted by Crippen LogP contribution is -2.13. The molecule has 0 atom stereocenters. The number of pyridine rings is 1. The molecule has 0 saturated carbocycles. The lowest BCUT2D eigenvalue weighted by Gasteiger charge is -2.14. The maximum atomic E-state index is 10.9. The Kier molecular flexibility index (Phi) is 4.76. The van der Waals surface area contributed by atoms with Gasteiger partial charge in [0.1, 0.15) is 0 Å². The molecule has 4 nitrogen and oxygen atoms in total. The summed E-state index contributed by atoms with van der Waals surface area (Å²) in [4.78, 5) is 14.6. The maximum Gasteiger partial charge on any atom is 0.358 e. The third-order valence-corrected chi connectivity index (χ3v) is 2.60. The van der Waals surface area contributed by atoms with Crippen molar-refractivity contribution in [2.24, 2.45) is 5.92 Å². The van der Waals surface area contributed by atoms with Gasteiger partial charge in [-0.15, -0.1) is 0 Å². The van der Waals surface area contributed by atoms with E-state index in [4.69, 9.17) is 9.84 Å². The van der Waals surface area contributed by atoms with Gasteiger partial charge in [-0.3, -0.25) is 0 Å². The molecule has 0 aromatic carbocycles. The number of nitrogens with zero attached hydrogens (tertiary/aromatic N) is 1. The Balaban J connectivity index is 2.69.